The van der Waals surface area contributed by atoms with E-state index in [1.807, 2.05) is 24.3 Å². The van der Waals surface area contributed by atoms with E-state index in [1.54, 1.807) is 0 Å². The molecule has 1 aromatic rings. The molecule has 1 fully saturated rings. The topological polar surface area (TPSA) is 37.3 Å². The lowest BCUT2D eigenvalue weighted by molar-refractivity contribution is -0.137. The van der Waals surface area contributed by atoms with Gasteiger partial charge in [-0.2, -0.15) is 0 Å². The van der Waals surface area contributed by atoms with Crippen molar-refractivity contribution < 1.29 is 9.90 Å². The standard InChI is InChI=1S/C14H17ClO2/c15-12-7-5-11(6-8-12)13(9-14(16)17)10-3-1-2-4-10/h5-8,10,13H,1-4,9H2,(H,16,17). The van der Waals surface area contributed by atoms with Gasteiger partial charge in [0.1, 0.15) is 0 Å². The number of hydrogen-bond donors (Lipinski definition) is 1. The van der Waals surface area contributed by atoms with E-state index in [1.165, 1.54) is 12.8 Å². The van der Waals surface area contributed by atoms with Crippen LogP contribution in [0.4, 0.5) is 0 Å². The molecular weight excluding hydrogens is 236 g/mol. The van der Waals surface area contributed by atoms with E-state index >= 15 is 0 Å². The van der Waals surface area contributed by atoms with Crippen LogP contribution in [0.2, 0.25) is 5.02 Å². The Morgan fingerprint density at radius 3 is 2.41 bits per heavy atom. The van der Waals surface area contributed by atoms with Crippen molar-refractivity contribution in [3.05, 3.63) is 34.9 Å². The second kappa shape index (κ2) is 5.54. The number of halogens is 1. The summed E-state index contributed by atoms with van der Waals surface area (Å²) < 4.78 is 0. The van der Waals surface area contributed by atoms with Crippen LogP contribution in [0.5, 0.6) is 0 Å². The minimum atomic E-state index is -0.711. The van der Waals surface area contributed by atoms with E-state index in [2.05, 4.69) is 0 Å². The molecule has 2 nitrogen and oxygen atoms in total. The lowest BCUT2D eigenvalue weighted by atomic mass is 9.82. The van der Waals surface area contributed by atoms with Gasteiger partial charge in [0.25, 0.3) is 0 Å². The van der Waals surface area contributed by atoms with Gasteiger partial charge >= 0.3 is 5.97 Å². The lowest BCUT2D eigenvalue weighted by Gasteiger charge is -2.22. The van der Waals surface area contributed by atoms with Crippen molar-refractivity contribution >= 4 is 17.6 Å². The zero-order valence-electron chi connectivity index (χ0n) is 9.73. The number of aliphatic carboxylic acids is 1. The number of hydrogen-bond acceptors (Lipinski definition) is 1. The Kier molecular flexibility index (Phi) is 4.06. The minimum Gasteiger partial charge on any atom is -0.481 e. The molecule has 1 saturated carbocycles. The summed E-state index contributed by atoms with van der Waals surface area (Å²) in [5.74, 6) is -0.0450. The molecule has 0 amide bonds. The molecule has 92 valence electrons. The molecule has 3 heteroatoms. The fourth-order valence-electron chi connectivity index (χ4n) is 2.81. The summed E-state index contributed by atoms with van der Waals surface area (Å²) >= 11 is 5.87. The zero-order chi connectivity index (χ0) is 12.3. The Balaban J connectivity index is 2.19. The summed E-state index contributed by atoms with van der Waals surface area (Å²) in [6, 6.07) is 7.63. The molecule has 0 radical (unpaired) electrons. The van der Waals surface area contributed by atoms with Crippen molar-refractivity contribution in [2.75, 3.05) is 0 Å². The van der Waals surface area contributed by atoms with Gasteiger partial charge in [-0.1, -0.05) is 36.6 Å². The Morgan fingerprint density at radius 2 is 1.88 bits per heavy atom. The van der Waals surface area contributed by atoms with Crippen LogP contribution in [-0.2, 0) is 4.79 Å². The van der Waals surface area contributed by atoms with Crippen LogP contribution in [-0.4, -0.2) is 11.1 Å². The number of benzene rings is 1. The first kappa shape index (κ1) is 12.4. The average Bonchev–Trinajstić information content (AvgIpc) is 2.80. The maximum atomic E-state index is 11.0. The summed E-state index contributed by atoms with van der Waals surface area (Å²) in [5, 5.41) is 9.74. The minimum absolute atomic E-state index is 0.146. The van der Waals surface area contributed by atoms with Gasteiger partial charge in [0.2, 0.25) is 0 Å². The third kappa shape index (κ3) is 3.22. The molecule has 0 spiro atoms. The van der Waals surface area contributed by atoms with Gasteiger partial charge < -0.3 is 5.11 Å². The lowest BCUT2D eigenvalue weighted by Crippen LogP contribution is -2.14. The van der Waals surface area contributed by atoms with E-state index in [-0.39, 0.29) is 12.3 Å². The average molecular weight is 253 g/mol. The fourth-order valence-corrected chi connectivity index (χ4v) is 2.94. The second-order valence-electron chi connectivity index (χ2n) is 4.80. The van der Waals surface area contributed by atoms with Gasteiger partial charge in [0, 0.05) is 5.02 Å². The molecule has 1 N–H and O–H groups in total. The van der Waals surface area contributed by atoms with Crippen molar-refractivity contribution in [1.82, 2.24) is 0 Å². The van der Waals surface area contributed by atoms with E-state index in [4.69, 9.17) is 16.7 Å². The third-order valence-corrected chi connectivity index (χ3v) is 3.91. The van der Waals surface area contributed by atoms with Crippen molar-refractivity contribution in [2.24, 2.45) is 5.92 Å². The molecule has 0 saturated heterocycles. The Hall–Kier alpha value is -1.02. The van der Waals surface area contributed by atoms with Crippen LogP contribution in [0.1, 0.15) is 43.6 Å². The summed E-state index contributed by atoms with van der Waals surface area (Å²) in [6.45, 7) is 0. The molecule has 1 aromatic carbocycles. The zero-order valence-corrected chi connectivity index (χ0v) is 10.5. The van der Waals surface area contributed by atoms with Crippen LogP contribution in [0.3, 0.4) is 0 Å². The fraction of sp³-hybridized carbons (Fsp3) is 0.500. The van der Waals surface area contributed by atoms with E-state index < -0.39 is 5.97 Å². The molecule has 0 aliphatic heterocycles. The highest BCUT2D eigenvalue weighted by Gasteiger charge is 2.28. The first-order valence-corrected chi connectivity index (χ1v) is 6.52. The van der Waals surface area contributed by atoms with Gasteiger partial charge in [-0.05, 0) is 42.4 Å². The summed E-state index contributed by atoms with van der Waals surface area (Å²) in [6.07, 6.45) is 5.00. The molecule has 1 unspecified atom stereocenters. The van der Waals surface area contributed by atoms with Crippen LogP contribution < -0.4 is 0 Å². The van der Waals surface area contributed by atoms with Gasteiger partial charge in [-0.25, -0.2) is 0 Å². The predicted molar refractivity (Wildman–Crippen MR) is 68.4 cm³/mol. The predicted octanol–water partition coefficient (Wildman–Crippen LogP) is 4.09. The molecule has 0 heterocycles. The van der Waals surface area contributed by atoms with Crippen molar-refractivity contribution in [3.63, 3.8) is 0 Å². The quantitative estimate of drug-likeness (QED) is 0.876. The normalized spacial score (nSPS) is 18.2. The first-order valence-electron chi connectivity index (χ1n) is 6.14. The van der Waals surface area contributed by atoms with E-state index in [9.17, 15) is 4.79 Å². The van der Waals surface area contributed by atoms with Gasteiger partial charge in [-0.15, -0.1) is 0 Å². The highest BCUT2D eigenvalue weighted by atomic mass is 35.5. The van der Waals surface area contributed by atoms with Gasteiger partial charge in [-0.3, -0.25) is 4.79 Å². The van der Waals surface area contributed by atoms with E-state index in [0.29, 0.717) is 10.9 Å². The van der Waals surface area contributed by atoms with E-state index in [0.717, 1.165) is 18.4 Å². The van der Waals surface area contributed by atoms with Gasteiger partial charge in [0.05, 0.1) is 6.42 Å². The molecule has 1 atom stereocenters. The molecule has 17 heavy (non-hydrogen) atoms. The Bertz CT molecular complexity index is 380. The number of carboxylic acids is 1. The molecule has 2 rings (SSSR count). The SMILES string of the molecule is O=C(O)CC(c1ccc(Cl)cc1)C1CCCC1. The largest absolute Gasteiger partial charge is 0.481 e. The smallest absolute Gasteiger partial charge is 0.303 e. The van der Waals surface area contributed by atoms with Gasteiger partial charge in [0.15, 0.2) is 0 Å². The Labute approximate surface area is 107 Å². The van der Waals surface area contributed by atoms with Crippen molar-refractivity contribution in [3.8, 4) is 0 Å². The monoisotopic (exact) mass is 252 g/mol. The number of carbonyl (C=O) groups is 1. The molecular formula is C14H17ClO2. The van der Waals surface area contributed by atoms with Crippen molar-refractivity contribution in [1.29, 1.82) is 0 Å². The molecule has 1 aliphatic carbocycles. The summed E-state index contributed by atoms with van der Waals surface area (Å²) in [7, 11) is 0. The van der Waals surface area contributed by atoms with Crippen LogP contribution in [0, 0.1) is 5.92 Å². The Morgan fingerprint density at radius 1 is 1.29 bits per heavy atom. The highest BCUT2D eigenvalue weighted by molar-refractivity contribution is 6.30. The van der Waals surface area contributed by atoms with Crippen LogP contribution in [0.15, 0.2) is 24.3 Å². The van der Waals surface area contributed by atoms with Crippen molar-refractivity contribution in [2.45, 2.75) is 38.0 Å². The highest BCUT2D eigenvalue weighted by Crippen LogP contribution is 2.39. The second-order valence-corrected chi connectivity index (χ2v) is 5.24. The van der Waals surface area contributed by atoms with Crippen LogP contribution >= 0.6 is 11.6 Å². The summed E-state index contributed by atoms with van der Waals surface area (Å²) in [5.41, 5.74) is 1.11. The third-order valence-electron chi connectivity index (χ3n) is 3.66. The maximum Gasteiger partial charge on any atom is 0.303 e. The number of rotatable bonds is 4. The molecule has 1 aliphatic rings. The van der Waals surface area contributed by atoms with Crippen LogP contribution in [0.25, 0.3) is 0 Å². The maximum absolute atomic E-state index is 11.0. The molecule has 0 aromatic heterocycles. The molecule has 0 bridgehead atoms. The summed E-state index contributed by atoms with van der Waals surface area (Å²) in [4.78, 5) is 11.0. The number of carboxylic acid groups (broad SMARTS) is 1. The first-order chi connectivity index (χ1) is 8.16.